The highest BCUT2D eigenvalue weighted by atomic mass is 35.5. The van der Waals surface area contributed by atoms with Gasteiger partial charge in [0.25, 0.3) is 0 Å². The molecule has 3 aromatic rings. The molecule has 0 aliphatic heterocycles. The lowest BCUT2D eigenvalue weighted by Gasteiger charge is -2.22. The van der Waals surface area contributed by atoms with Crippen molar-refractivity contribution in [2.45, 2.75) is 18.3 Å². The van der Waals surface area contributed by atoms with Crippen molar-refractivity contribution in [3.8, 4) is 0 Å². The monoisotopic (exact) mass is 395 g/mol. The van der Waals surface area contributed by atoms with Crippen LogP contribution in [0.1, 0.15) is 17.4 Å². The molecule has 1 atom stereocenters. The van der Waals surface area contributed by atoms with Crippen molar-refractivity contribution in [1.29, 1.82) is 0 Å². The summed E-state index contributed by atoms with van der Waals surface area (Å²) >= 11 is 7.35. The van der Waals surface area contributed by atoms with Crippen molar-refractivity contribution in [3.05, 3.63) is 70.1 Å². The van der Waals surface area contributed by atoms with E-state index in [4.69, 9.17) is 11.6 Å². The van der Waals surface area contributed by atoms with E-state index in [1.807, 2.05) is 30.3 Å². The lowest BCUT2D eigenvalue weighted by atomic mass is 10.1. The van der Waals surface area contributed by atoms with Gasteiger partial charge in [-0.25, -0.2) is 13.1 Å². The molecule has 2 aromatic carbocycles. The van der Waals surface area contributed by atoms with Crippen LogP contribution >= 0.6 is 22.9 Å². The maximum Gasteiger partial charge on any atom is 0.215 e. The standard InChI is InChI=1S/C18H18ClNO3S2/c1-18(21,17-10-14-6-2-3-8-16(14)24-17)12-20-25(22,23)11-13-5-4-7-15(19)9-13/h2-10,20-21H,11-12H2,1H3. The number of hydrogen-bond acceptors (Lipinski definition) is 4. The first kappa shape index (κ1) is 18.4. The molecule has 0 radical (unpaired) electrons. The molecule has 0 saturated carbocycles. The zero-order chi connectivity index (χ0) is 18.1. The smallest absolute Gasteiger partial charge is 0.215 e. The first-order valence-corrected chi connectivity index (χ1v) is 10.5. The number of hydrogen-bond donors (Lipinski definition) is 2. The lowest BCUT2D eigenvalue weighted by molar-refractivity contribution is 0.0666. The second kappa shape index (κ2) is 7.05. The van der Waals surface area contributed by atoms with Gasteiger partial charge in [0.1, 0.15) is 5.60 Å². The summed E-state index contributed by atoms with van der Waals surface area (Å²) in [6.07, 6.45) is 0. The van der Waals surface area contributed by atoms with Gasteiger partial charge in [-0.1, -0.05) is 41.9 Å². The van der Waals surface area contributed by atoms with E-state index in [1.165, 1.54) is 11.3 Å². The Morgan fingerprint density at radius 2 is 1.92 bits per heavy atom. The molecule has 0 fully saturated rings. The maximum absolute atomic E-state index is 12.3. The molecule has 132 valence electrons. The molecule has 0 amide bonds. The summed E-state index contributed by atoms with van der Waals surface area (Å²) in [7, 11) is -3.59. The molecule has 0 spiro atoms. The number of benzene rings is 2. The van der Waals surface area contributed by atoms with Gasteiger partial charge in [0.15, 0.2) is 0 Å². The summed E-state index contributed by atoms with van der Waals surface area (Å²) in [4.78, 5) is 0.721. The topological polar surface area (TPSA) is 66.4 Å². The van der Waals surface area contributed by atoms with E-state index < -0.39 is 15.6 Å². The fourth-order valence-corrected chi connectivity index (χ4v) is 5.02. The van der Waals surface area contributed by atoms with Crippen molar-refractivity contribution >= 4 is 43.0 Å². The van der Waals surface area contributed by atoms with Crippen LogP contribution in [0.15, 0.2) is 54.6 Å². The van der Waals surface area contributed by atoms with Crippen molar-refractivity contribution < 1.29 is 13.5 Å². The number of sulfonamides is 1. The van der Waals surface area contributed by atoms with Gasteiger partial charge in [0, 0.05) is 21.1 Å². The second-order valence-electron chi connectivity index (χ2n) is 6.13. The van der Waals surface area contributed by atoms with Crippen molar-refractivity contribution in [1.82, 2.24) is 4.72 Å². The molecular weight excluding hydrogens is 378 g/mol. The Hall–Kier alpha value is -1.44. The Morgan fingerprint density at radius 3 is 2.64 bits per heavy atom. The minimum Gasteiger partial charge on any atom is -0.383 e. The van der Waals surface area contributed by atoms with Crippen molar-refractivity contribution in [2.75, 3.05) is 6.54 Å². The summed E-state index contributed by atoms with van der Waals surface area (Å²) in [5, 5.41) is 12.2. The van der Waals surface area contributed by atoms with E-state index in [2.05, 4.69) is 4.72 Å². The number of fused-ring (bicyclic) bond motifs is 1. The fourth-order valence-electron chi connectivity index (χ4n) is 2.48. The van der Waals surface area contributed by atoms with Gasteiger partial charge >= 0.3 is 0 Å². The zero-order valence-corrected chi connectivity index (χ0v) is 16.0. The first-order chi connectivity index (χ1) is 11.8. The van der Waals surface area contributed by atoms with Crippen molar-refractivity contribution in [2.24, 2.45) is 0 Å². The quantitative estimate of drug-likeness (QED) is 0.665. The zero-order valence-electron chi connectivity index (χ0n) is 13.6. The molecule has 1 unspecified atom stereocenters. The van der Waals surface area contributed by atoms with Gasteiger partial charge in [0.05, 0.1) is 5.75 Å². The van der Waals surface area contributed by atoms with E-state index in [0.29, 0.717) is 10.6 Å². The maximum atomic E-state index is 12.3. The molecule has 0 bridgehead atoms. The summed E-state index contributed by atoms with van der Waals surface area (Å²) in [6.45, 7) is 1.52. The van der Waals surface area contributed by atoms with Crippen LogP contribution < -0.4 is 4.72 Å². The minimum absolute atomic E-state index is 0.0945. The van der Waals surface area contributed by atoms with Crippen LogP contribution in [-0.2, 0) is 21.4 Å². The Labute approximate surface area is 156 Å². The molecule has 7 heteroatoms. The molecule has 0 aliphatic carbocycles. The fraction of sp³-hybridized carbons (Fsp3) is 0.222. The number of thiophene rings is 1. The lowest BCUT2D eigenvalue weighted by Crippen LogP contribution is -2.38. The summed E-state index contributed by atoms with van der Waals surface area (Å²) in [6, 6.07) is 16.4. The molecule has 25 heavy (non-hydrogen) atoms. The van der Waals surface area contributed by atoms with Gasteiger partial charge in [0.2, 0.25) is 10.0 Å². The Morgan fingerprint density at radius 1 is 1.16 bits per heavy atom. The third-order valence-corrected chi connectivity index (χ3v) is 6.74. The summed E-state index contributed by atoms with van der Waals surface area (Å²) in [5.74, 6) is -0.184. The van der Waals surface area contributed by atoms with Crippen LogP contribution in [0.4, 0.5) is 0 Å². The SMILES string of the molecule is CC(O)(CNS(=O)(=O)Cc1cccc(Cl)c1)c1cc2ccccc2s1. The molecule has 1 aromatic heterocycles. The Bertz CT molecular complexity index is 963. The molecule has 2 N–H and O–H groups in total. The van der Waals surface area contributed by atoms with Crippen LogP contribution in [0, 0.1) is 0 Å². The predicted molar refractivity (Wildman–Crippen MR) is 103 cm³/mol. The molecule has 1 heterocycles. The highest BCUT2D eigenvalue weighted by molar-refractivity contribution is 7.88. The van der Waals surface area contributed by atoms with E-state index in [0.717, 1.165) is 15.0 Å². The number of nitrogens with one attached hydrogen (secondary N) is 1. The highest BCUT2D eigenvalue weighted by Crippen LogP contribution is 2.33. The van der Waals surface area contributed by atoms with Gasteiger partial charge in [-0.2, -0.15) is 0 Å². The molecular formula is C18H18ClNO3S2. The van der Waals surface area contributed by atoms with Crippen LogP contribution in [0.3, 0.4) is 0 Å². The average Bonchev–Trinajstić information content (AvgIpc) is 2.98. The predicted octanol–water partition coefficient (Wildman–Crippen LogP) is 3.88. The highest BCUT2D eigenvalue weighted by Gasteiger charge is 2.27. The number of aliphatic hydroxyl groups is 1. The third kappa shape index (κ3) is 4.59. The molecule has 4 nitrogen and oxygen atoms in total. The Balaban J connectivity index is 1.72. The van der Waals surface area contributed by atoms with Gasteiger partial charge in [-0.3, -0.25) is 0 Å². The van der Waals surface area contributed by atoms with E-state index in [9.17, 15) is 13.5 Å². The van der Waals surface area contributed by atoms with Crippen LogP contribution in [0.5, 0.6) is 0 Å². The van der Waals surface area contributed by atoms with Gasteiger partial charge < -0.3 is 5.11 Å². The first-order valence-electron chi connectivity index (χ1n) is 7.68. The van der Waals surface area contributed by atoms with E-state index >= 15 is 0 Å². The summed E-state index contributed by atoms with van der Waals surface area (Å²) in [5.41, 5.74) is -0.688. The normalized spacial score (nSPS) is 14.5. The molecule has 0 saturated heterocycles. The second-order valence-corrected chi connectivity index (χ2v) is 9.46. The van der Waals surface area contributed by atoms with E-state index in [1.54, 1.807) is 31.2 Å². The van der Waals surface area contributed by atoms with Gasteiger partial charge in [-0.15, -0.1) is 11.3 Å². The minimum atomic E-state index is -3.59. The third-order valence-electron chi connectivity index (χ3n) is 3.84. The summed E-state index contributed by atoms with van der Waals surface area (Å²) < 4.78 is 28.1. The van der Waals surface area contributed by atoms with E-state index in [-0.39, 0.29) is 12.3 Å². The molecule has 0 aliphatic rings. The number of rotatable bonds is 6. The van der Waals surface area contributed by atoms with Gasteiger partial charge in [-0.05, 0) is 42.1 Å². The van der Waals surface area contributed by atoms with Crippen LogP contribution in [0.2, 0.25) is 5.02 Å². The van der Waals surface area contributed by atoms with Crippen molar-refractivity contribution in [3.63, 3.8) is 0 Å². The average molecular weight is 396 g/mol. The Kier molecular flexibility index (Phi) is 5.18. The largest absolute Gasteiger partial charge is 0.383 e. The van der Waals surface area contributed by atoms with Crippen LogP contribution in [0.25, 0.3) is 10.1 Å². The van der Waals surface area contributed by atoms with Crippen LogP contribution in [-0.4, -0.2) is 20.1 Å². The molecule has 3 rings (SSSR count). The number of halogens is 1.